The van der Waals surface area contributed by atoms with Crippen LogP contribution in [0.3, 0.4) is 0 Å². The van der Waals surface area contributed by atoms with Crippen LogP contribution in [0.5, 0.6) is 0 Å². The number of para-hydroxylation sites is 1. The Morgan fingerprint density at radius 1 is 1.11 bits per heavy atom. The number of hydrogen-bond donors (Lipinski definition) is 0. The zero-order valence-corrected chi connectivity index (χ0v) is 16.4. The number of carbonyl (C=O) groups is 2. The molecule has 144 valence electrons. The van der Waals surface area contributed by atoms with Crippen molar-refractivity contribution in [3.05, 3.63) is 36.0 Å². The number of fused-ring (bicyclic) bond motifs is 5. The number of amides is 1. The highest BCUT2D eigenvalue weighted by Gasteiger charge is 2.36. The molecule has 5 rings (SSSR count). The van der Waals surface area contributed by atoms with E-state index in [-0.39, 0.29) is 11.7 Å². The van der Waals surface area contributed by atoms with Gasteiger partial charge in [-0.2, -0.15) is 0 Å². The van der Waals surface area contributed by atoms with Crippen molar-refractivity contribution >= 4 is 22.6 Å². The maximum atomic E-state index is 13.2. The first-order chi connectivity index (χ1) is 13.1. The number of benzene rings is 1. The summed E-state index contributed by atoms with van der Waals surface area (Å²) in [6.45, 7) is 5.25. The second kappa shape index (κ2) is 7.47. The average molecular weight is 367 g/mol. The van der Waals surface area contributed by atoms with E-state index in [1.165, 1.54) is 6.42 Å². The lowest BCUT2D eigenvalue weighted by Crippen LogP contribution is -2.48. The minimum atomic E-state index is 0.162. The number of likely N-dealkylation sites (N-methyl/N-ethyl adjacent to an activating group) is 1. The second-order valence-electron chi connectivity index (χ2n) is 8.23. The fraction of sp³-hybridized carbons (Fsp3) is 0.545. The van der Waals surface area contributed by atoms with Crippen molar-refractivity contribution in [1.82, 2.24) is 14.4 Å². The second-order valence-corrected chi connectivity index (χ2v) is 8.23. The highest BCUT2D eigenvalue weighted by Crippen LogP contribution is 2.28. The molecule has 5 heteroatoms. The summed E-state index contributed by atoms with van der Waals surface area (Å²) in [7, 11) is 2.16. The van der Waals surface area contributed by atoms with Crippen molar-refractivity contribution in [2.45, 2.75) is 45.2 Å². The van der Waals surface area contributed by atoms with Gasteiger partial charge in [-0.1, -0.05) is 25.1 Å². The van der Waals surface area contributed by atoms with Gasteiger partial charge in [-0.05, 0) is 38.3 Å². The van der Waals surface area contributed by atoms with Crippen LogP contribution in [0.1, 0.15) is 43.0 Å². The van der Waals surface area contributed by atoms with Gasteiger partial charge in [0.2, 0.25) is 5.91 Å². The Hall–Kier alpha value is -2.14. The molecule has 3 fully saturated rings. The molecular weight excluding hydrogens is 338 g/mol. The van der Waals surface area contributed by atoms with Crippen LogP contribution in [0, 0.1) is 5.92 Å². The van der Waals surface area contributed by atoms with Crippen LogP contribution in [-0.2, 0) is 11.3 Å². The zero-order valence-electron chi connectivity index (χ0n) is 16.4. The molecule has 1 aromatic heterocycles. The smallest absolute Gasteiger partial charge is 0.242 e. The van der Waals surface area contributed by atoms with Crippen LogP contribution < -0.4 is 0 Å². The van der Waals surface area contributed by atoms with E-state index in [4.69, 9.17) is 0 Å². The van der Waals surface area contributed by atoms with Gasteiger partial charge in [0.1, 0.15) is 6.54 Å². The van der Waals surface area contributed by atoms with E-state index in [9.17, 15) is 9.59 Å². The number of nitrogens with zero attached hydrogens (tertiary/aromatic N) is 3. The predicted octanol–water partition coefficient (Wildman–Crippen LogP) is 3.18. The molecule has 3 aliphatic heterocycles. The van der Waals surface area contributed by atoms with E-state index >= 15 is 0 Å². The SMILES string of the molecule is CCCC(=O)c1cn(CC(=O)N2C[C@H]3CC[C@@H]2CN(C)C3)c2ccccc12. The topological polar surface area (TPSA) is 45.6 Å². The molecule has 3 aliphatic rings. The normalized spacial score (nSPS) is 23.0. The van der Waals surface area contributed by atoms with Gasteiger partial charge in [-0.25, -0.2) is 0 Å². The third-order valence-corrected chi connectivity index (χ3v) is 6.09. The molecule has 0 radical (unpaired) electrons. The van der Waals surface area contributed by atoms with Gasteiger partial charge in [0.25, 0.3) is 0 Å². The fourth-order valence-corrected chi connectivity index (χ4v) is 4.82. The Kier molecular flexibility index (Phi) is 5.04. The summed E-state index contributed by atoms with van der Waals surface area (Å²) in [4.78, 5) is 30.2. The zero-order chi connectivity index (χ0) is 19.0. The number of piperidine rings is 1. The standard InChI is InChI=1S/C22H29N3O2/c1-3-6-21(26)19-14-24(20-8-5-4-7-18(19)20)15-22(27)25-12-16-9-10-17(25)13-23(2)11-16/h4-5,7-8,14,16-17H,3,6,9-13,15H2,1-2H3/t16-,17+/m0/s1. The van der Waals surface area contributed by atoms with E-state index < -0.39 is 0 Å². The van der Waals surface area contributed by atoms with Gasteiger partial charge < -0.3 is 14.4 Å². The molecule has 2 atom stereocenters. The van der Waals surface area contributed by atoms with Gasteiger partial charge >= 0.3 is 0 Å². The Labute approximate surface area is 160 Å². The molecule has 0 N–H and O–H groups in total. The minimum absolute atomic E-state index is 0.162. The van der Waals surface area contributed by atoms with Crippen molar-refractivity contribution in [1.29, 1.82) is 0 Å². The number of carbonyl (C=O) groups excluding carboxylic acids is 2. The van der Waals surface area contributed by atoms with Crippen molar-refractivity contribution < 1.29 is 9.59 Å². The van der Waals surface area contributed by atoms with Crippen molar-refractivity contribution in [3.8, 4) is 0 Å². The van der Waals surface area contributed by atoms with Crippen LogP contribution in [0.2, 0.25) is 0 Å². The molecule has 0 unspecified atom stereocenters. The molecular formula is C22H29N3O2. The van der Waals surface area contributed by atoms with Crippen LogP contribution in [0.4, 0.5) is 0 Å². The quantitative estimate of drug-likeness (QED) is 0.763. The summed E-state index contributed by atoms with van der Waals surface area (Å²) in [6.07, 6.45) is 5.60. The first-order valence-electron chi connectivity index (χ1n) is 10.2. The van der Waals surface area contributed by atoms with E-state index in [0.29, 0.717) is 24.9 Å². The molecule has 1 aromatic carbocycles. The minimum Gasteiger partial charge on any atom is -0.337 e. The van der Waals surface area contributed by atoms with Gasteiger partial charge in [0.05, 0.1) is 0 Å². The Bertz CT molecular complexity index is 856. The van der Waals surface area contributed by atoms with Crippen molar-refractivity contribution in [2.75, 3.05) is 26.7 Å². The van der Waals surface area contributed by atoms with Gasteiger partial charge in [-0.15, -0.1) is 0 Å². The summed E-state index contributed by atoms with van der Waals surface area (Å²) in [6, 6.07) is 8.25. The highest BCUT2D eigenvalue weighted by atomic mass is 16.2. The number of hydrogen-bond acceptors (Lipinski definition) is 3. The van der Waals surface area contributed by atoms with E-state index in [1.807, 2.05) is 42.0 Å². The maximum absolute atomic E-state index is 13.2. The molecule has 0 aliphatic carbocycles. The first kappa shape index (κ1) is 18.2. The lowest BCUT2D eigenvalue weighted by Gasteiger charge is -2.36. The lowest BCUT2D eigenvalue weighted by atomic mass is 9.95. The predicted molar refractivity (Wildman–Crippen MR) is 107 cm³/mol. The Morgan fingerprint density at radius 3 is 2.74 bits per heavy atom. The number of rotatable bonds is 5. The Balaban J connectivity index is 1.60. The van der Waals surface area contributed by atoms with Gasteiger partial charge in [0.15, 0.2) is 5.78 Å². The summed E-state index contributed by atoms with van der Waals surface area (Å²) < 4.78 is 1.98. The largest absolute Gasteiger partial charge is 0.337 e. The molecule has 0 saturated carbocycles. The number of Topliss-reactive ketones (excluding diaryl/α,β-unsaturated/α-hetero) is 1. The van der Waals surface area contributed by atoms with Crippen LogP contribution >= 0.6 is 0 Å². The molecule has 5 nitrogen and oxygen atoms in total. The lowest BCUT2D eigenvalue weighted by molar-refractivity contribution is -0.135. The highest BCUT2D eigenvalue weighted by molar-refractivity contribution is 6.08. The average Bonchev–Trinajstić information content (AvgIpc) is 2.80. The molecule has 1 amide bonds. The molecule has 4 heterocycles. The molecule has 2 bridgehead atoms. The molecule has 3 saturated heterocycles. The van der Waals surface area contributed by atoms with Crippen LogP contribution in [-0.4, -0.2) is 58.8 Å². The van der Waals surface area contributed by atoms with Crippen LogP contribution in [0.15, 0.2) is 30.5 Å². The fourth-order valence-electron chi connectivity index (χ4n) is 4.82. The van der Waals surface area contributed by atoms with Crippen molar-refractivity contribution in [3.63, 3.8) is 0 Å². The molecule has 2 aromatic rings. The first-order valence-corrected chi connectivity index (χ1v) is 10.2. The third-order valence-electron chi connectivity index (χ3n) is 6.09. The van der Waals surface area contributed by atoms with E-state index in [2.05, 4.69) is 16.8 Å². The summed E-state index contributed by atoms with van der Waals surface area (Å²) >= 11 is 0. The summed E-state index contributed by atoms with van der Waals surface area (Å²) in [5.41, 5.74) is 1.72. The summed E-state index contributed by atoms with van der Waals surface area (Å²) in [5.74, 6) is 0.923. The molecule has 27 heavy (non-hydrogen) atoms. The van der Waals surface area contributed by atoms with E-state index in [0.717, 1.165) is 48.9 Å². The van der Waals surface area contributed by atoms with Gasteiger partial charge in [-0.3, -0.25) is 9.59 Å². The van der Waals surface area contributed by atoms with Crippen molar-refractivity contribution in [2.24, 2.45) is 5.92 Å². The van der Waals surface area contributed by atoms with Gasteiger partial charge in [0, 0.05) is 54.8 Å². The monoisotopic (exact) mass is 367 g/mol. The van der Waals surface area contributed by atoms with E-state index in [1.54, 1.807) is 0 Å². The number of aromatic nitrogens is 1. The Morgan fingerprint density at radius 2 is 1.93 bits per heavy atom. The molecule has 0 spiro atoms. The summed E-state index contributed by atoms with van der Waals surface area (Å²) in [5, 5.41) is 0.959. The van der Waals surface area contributed by atoms with Crippen LogP contribution in [0.25, 0.3) is 10.9 Å². The number of ketones is 1. The third kappa shape index (κ3) is 3.53. The maximum Gasteiger partial charge on any atom is 0.242 e.